The summed E-state index contributed by atoms with van der Waals surface area (Å²) < 4.78 is 0. The molecule has 0 N–H and O–H groups in total. The van der Waals surface area contributed by atoms with E-state index >= 15 is 0 Å². The van der Waals surface area contributed by atoms with Gasteiger partial charge in [-0.25, -0.2) is 0 Å². The lowest BCUT2D eigenvalue weighted by Crippen LogP contribution is -2.18. The number of rotatable bonds is 5. The van der Waals surface area contributed by atoms with Crippen molar-refractivity contribution in [1.82, 2.24) is 0 Å². The molecule has 0 radical (unpaired) electrons. The molecule has 0 unspecified atom stereocenters. The molecule has 0 amide bonds. The van der Waals surface area contributed by atoms with Gasteiger partial charge >= 0.3 is 0 Å². The minimum Gasteiger partial charge on any atom is -0.310 e. The fraction of sp³-hybridized carbons (Fsp3) is 0.148. The quantitative estimate of drug-likeness (QED) is 0.172. The van der Waals surface area contributed by atoms with Crippen LogP contribution in [-0.4, -0.2) is 0 Å². The molecule has 0 heterocycles. The van der Waals surface area contributed by atoms with Crippen LogP contribution in [0.25, 0.3) is 55.3 Å². The summed E-state index contributed by atoms with van der Waals surface area (Å²) in [5, 5.41) is 2.49. The Labute approximate surface area is 325 Å². The average Bonchev–Trinajstić information content (AvgIpc) is 3.57. The van der Waals surface area contributed by atoms with Crippen molar-refractivity contribution in [1.29, 1.82) is 0 Å². The smallest absolute Gasteiger partial charge is 0.0569 e. The third kappa shape index (κ3) is 5.14. The summed E-state index contributed by atoms with van der Waals surface area (Å²) in [6, 6.07) is 61.7. The van der Waals surface area contributed by atoms with Crippen molar-refractivity contribution in [2.75, 3.05) is 4.90 Å². The van der Waals surface area contributed by atoms with Crippen molar-refractivity contribution in [3.05, 3.63) is 197 Å². The Bertz CT molecular complexity index is 2730. The fourth-order valence-corrected chi connectivity index (χ4v) is 9.64. The van der Waals surface area contributed by atoms with Gasteiger partial charge in [-0.15, -0.1) is 0 Å². The van der Waals surface area contributed by atoms with Gasteiger partial charge in [-0.1, -0.05) is 155 Å². The predicted octanol–water partition coefficient (Wildman–Crippen LogP) is 14.9. The summed E-state index contributed by atoms with van der Waals surface area (Å²) in [6.45, 7) is 14.0. The van der Waals surface area contributed by atoms with Crippen LogP contribution in [0.5, 0.6) is 0 Å². The Morgan fingerprint density at radius 3 is 1.47 bits per heavy atom. The molecule has 1 nitrogen and oxygen atoms in total. The van der Waals surface area contributed by atoms with E-state index in [1.807, 2.05) is 0 Å². The van der Waals surface area contributed by atoms with Crippen molar-refractivity contribution < 1.29 is 0 Å². The van der Waals surface area contributed by atoms with Crippen LogP contribution in [0.2, 0.25) is 0 Å². The second-order valence-electron chi connectivity index (χ2n) is 16.8. The summed E-state index contributed by atoms with van der Waals surface area (Å²) in [5.74, 6) is 0. The van der Waals surface area contributed by atoms with Crippen LogP contribution in [0.3, 0.4) is 0 Å². The topological polar surface area (TPSA) is 3.24 Å². The minimum absolute atomic E-state index is 0.124. The highest BCUT2D eigenvalue weighted by molar-refractivity contribution is 5.97. The molecule has 0 bridgehead atoms. The SMILES string of the molecule is Cc1ccc(-c2cc(C)c(N(c3ccc4c(c3)C(C)(C)c3ccccc3-4)c3ccc4c(c3)C(C)(C)c3ccccc3-4)c(-c3ccc4ccccc4c3)c2)cc1. The van der Waals surface area contributed by atoms with Gasteiger partial charge in [0.05, 0.1) is 5.69 Å². The normalized spacial score (nSPS) is 14.3. The van der Waals surface area contributed by atoms with E-state index in [4.69, 9.17) is 0 Å². The number of hydrogen-bond acceptors (Lipinski definition) is 1. The molecular weight excluding hydrogens is 663 g/mol. The minimum atomic E-state index is -0.124. The van der Waals surface area contributed by atoms with E-state index in [-0.39, 0.29) is 10.8 Å². The number of aryl methyl sites for hydroxylation is 2. The average molecular weight is 708 g/mol. The van der Waals surface area contributed by atoms with Crippen LogP contribution in [0, 0.1) is 13.8 Å². The second-order valence-corrected chi connectivity index (χ2v) is 16.8. The molecule has 0 saturated carbocycles. The number of hydrogen-bond donors (Lipinski definition) is 0. The van der Waals surface area contributed by atoms with Crippen molar-refractivity contribution in [3.63, 3.8) is 0 Å². The van der Waals surface area contributed by atoms with E-state index in [2.05, 4.69) is 210 Å². The first-order chi connectivity index (χ1) is 26.6. The maximum absolute atomic E-state index is 2.55. The zero-order chi connectivity index (χ0) is 37.6. The third-order valence-corrected chi connectivity index (χ3v) is 12.6. The summed E-state index contributed by atoms with van der Waals surface area (Å²) in [7, 11) is 0. The van der Waals surface area contributed by atoms with Crippen molar-refractivity contribution in [3.8, 4) is 44.5 Å². The summed E-state index contributed by atoms with van der Waals surface area (Å²) >= 11 is 0. The largest absolute Gasteiger partial charge is 0.310 e. The van der Waals surface area contributed by atoms with Crippen LogP contribution in [0.15, 0.2) is 164 Å². The van der Waals surface area contributed by atoms with Gasteiger partial charge in [0, 0.05) is 27.8 Å². The Balaban J connectivity index is 1.26. The van der Waals surface area contributed by atoms with Crippen LogP contribution < -0.4 is 4.90 Å². The molecule has 0 aromatic heterocycles. The monoisotopic (exact) mass is 707 g/mol. The lowest BCUT2D eigenvalue weighted by molar-refractivity contribution is 0.660. The van der Waals surface area contributed by atoms with Crippen molar-refractivity contribution >= 4 is 27.8 Å². The molecule has 1 heteroatoms. The molecule has 266 valence electrons. The van der Waals surface area contributed by atoms with Gasteiger partial charge in [-0.3, -0.25) is 0 Å². The van der Waals surface area contributed by atoms with E-state index in [9.17, 15) is 0 Å². The highest BCUT2D eigenvalue weighted by Crippen LogP contribution is 2.54. The van der Waals surface area contributed by atoms with E-state index in [0.29, 0.717) is 0 Å². The van der Waals surface area contributed by atoms with E-state index in [0.717, 1.165) is 0 Å². The molecule has 10 rings (SSSR count). The molecular formula is C54H45N. The van der Waals surface area contributed by atoms with Gasteiger partial charge < -0.3 is 4.90 Å². The second kappa shape index (κ2) is 12.2. The zero-order valence-electron chi connectivity index (χ0n) is 32.5. The summed E-state index contributed by atoms with van der Waals surface area (Å²) in [4.78, 5) is 2.55. The Kier molecular flexibility index (Phi) is 7.39. The molecule has 8 aromatic carbocycles. The van der Waals surface area contributed by atoms with Crippen LogP contribution in [0.4, 0.5) is 17.1 Å². The Morgan fingerprint density at radius 1 is 0.364 bits per heavy atom. The number of fused-ring (bicyclic) bond motifs is 7. The first kappa shape index (κ1) is 33.4. The molecule has 0 aliphatic heterocycles. The zero-order valence-corrected chi connectivity index (χ0v) is 32.5. The molecule has 2 aliphatic carbocycles. The molecule has 0 spiro atoms. The highest BCUT2D eigenvalue weighted by Gasteiger charge is 2.38. The van der Waals surface area contributed by atoms with Crippen LogP contribution >= 0.6 is 0 Å². The van der Waals surface area contributed by atoms with Crippen molar-refractivity contribution in [2.45, 2.75) is 52.4 Å². The first-order valence-corrected chi connectivity index (χ1v) is 19.6. The van der Waals surface area contributed by atoms with Gasteiger partial charge in [0.15, 0.2) is 0 Å². The van der Waals surface area contributed by atoms with Crippen molar-refractivity contribution in [2.24, 2.45) is 0 Å². The van der Waals surface area contributed by atoms with E-state index in [1.165, 1.54) is 106 Å². The molecule has 0 atom stereocenters. The first-order valence-electron chi connectivity index (χ1n) is 19.6. The van der Waals surface area contributed by atoms with Gasteiger partial charge in [0.2, 0.25) is 0 Å². The standard InChI is InChI=1S/C54H45N/c1-34-19-21-37(22-20-34)40-29-35(2)52(47(31-40)39-24-23-36-13-7-8-14-38(36)30-39)55(41-25-27-45-43-15-9-11-17-48(43)53(3,4)50(45)32-41)42-26-28-46-44-16-10-12-18-49(44)54(5,6)51(46)33-42/h7-33H,1-6H3. The van der Waals surface area contributed by atoms with Gasteiger partial charge in [0.1, 0.15) is 0 Å². The van der Waals surface area contributed by atoms with E-state index in [1.54, 1.807) is 0 Å². The Morgan fingerprint density at radius 2 is 0.873 bits per heavy atom. The van der Waals surface area contributed by atoms with Gasteiger partial charge in [-0.05, 0) is 134 Å². The molecule has 55 heavy (non-hydrogen) atoms. The lowest BCUT2D eigenvalue weighted by atomic mass is 9.82. The molecule has 0 saturated heterocycles. The number of nitrogens with zero attached hydrogens (tertiary/aromatic N) is 1. The predicted molar refractivity (Wildman–Crippen MR) is 234 cm³/mol. The fourth-order valence-electron chi connectivity index (χ4n) is 9.64. The van der Waals surface area contributed by atoms with E-state index < -0.39 is 0 Å². The van der Waals surface area contributed by atoms with Gasteiger partial charge in [-0.2, -0.15) is 0 Å². The molecule has 0 fully saturated rings. The van der Waals surface area contributed by atoms with Crippen LogP contribution in [-0.2, 0) is 10.8 Å². The maximum Gasteiger partial charge on any atom is 0.0569 e. The Hall–Kier alpha value is -6.18. The number of anilines is 3. The summed E-state index contributed by atoms with van der Waals surface area (Å²) in [6.07, 6.45) is 0. The van der Waals surface area contributed by atoms with Crippen LogP contribution in [0.1, 0.15) is 61.1 Å². The third-order valence-electron chi connectivity index (χ3n) is 12.6. The highest BCUT2D eigenvalue weighted by atomic mass is 15.1. The molecule has 2 aliphatic rings. The maximum atomic E-state index is 2.55. The lowest BCUT2D eigenvalue weighted by Gasteiger charge is -2.32. The molecule has 8 aromatic rings. The van der Waals surface area contributed by atoms with Gasteiger partial charge in [0.25, 0.3) is 0 Å². The summed E-state index contributed by atoms with van der Waals surface area (Å²) in [5.41, 5.74) is 21.5. The number of benzene rings is 8.